The van der Waals surface area contributed by atoms with Gasteiger partial charge in [0.1, 0.15) is 0 Å². The molecule has 0 aliphatic carbocycles. The Morgan fingerprint density at radius 3 is 1.98 bits per heavy atom. The van der Waals surface area contributed by atoms with Crippen molar-refractivity contribution in [1.82, 2.24) is 0 Å². The van der Waals surface area contributed by atoms with Gasteiger partial charge in [0.2, 0.25) is 0 Å². The van der Waals surface area contributed by atoms with Crippen LogP contribution in [0.1, 0.15) is 78.9 Å². The van der Waals surface area contributed by atoms with Gasteiger partial charge in [0.05, 0.1) is 31.5 Å². The Morgan fingerprint density at radius 1 is 0.850 bits per heavy atom. The van der Waals surface area contributed by atoms with Crippen molar-refractivity contribution >= 4 is 8.32 Å². The van der Waals surface area contributed by atoms with Crippen LogP contribution in [0.25, 0.3) is 0 Å². The molecule has 3 atom stereocenters. The average molecular weight is 571 g/mol. The molecular formula is C34H54O5Si. The standard InChI is InChI=1S/C34H54O5Si/c1-32(2,3)40(8,9)37-26-33(4,5)31(36-25-28-18-14-11-15-19-28)23-30-22-29(38-34(6,7)39-30)20-21-35-24-27-16-12-10-13-17-27/h10-19,29-31H,20-26H2,1-9H3/t29-,30+,31-/m0/s1. The lowest BCUT2D eigenvalue weighted by molar-refractivity contribution is -0.306. The fourth-order valence-electron chi connectivity index (χ4n) is 4.82. The molecule has 0 spiro atoms. The highest BCUT2D eigenvalue weighted by atomic mass is 28.4. The van der Waals surface area contributed by atoms with Crippen LogP contribution in [-0.4, -0.2) is 45.6 Å². The van der Waals surface area contributed by atoms with Crippen LogP contribution in [-0.2, 0) is 36.6 Å². The Morgan fingerprint density at radius 2 is 1.40 bits per heavy atom. The molecule has 3 rings (SSSR count). The quantitative estimate of drug-likeness (QED) is 0.168. The van der Waals surface area contributed by atoms with Crippen molar-refractivity contribution in [2.45, 2.75) is 123 Å². The average Bonchev–Trinajstić information content (AvgIpc) is 2.87. The van der Waals surface area contributed by atoms with Gasteiger partial charge in [-0.1, -0.05) is 95.3 Å². The smallest absolute Gasteiger partial charge is 0.192 e. The normalized spacial score (nSPS) is 20.8. The largest absolute Gasteiger partial charge is 0.416 e. The first-order chi connectivity index (χ1) is 18.7. The summed E-state index contributed by atoms with van der Waals surface area (Å²) < 4.78 is 32.2. The van der Waals surface area contributed by atoms with Gasteiger partial charge in [-0.15, -0.1) is 0 Å². The van der Waals surface area contributed by atoms with Crippen molar-refractivity contribution in [2.75, 3.05) is 13.2 Å². The van der Waals surface area contributed by atoms with Crippen molar-refractivity contribution in [3.05, 3.63) is 71.8 Å². The van der Waals surface area contributed by atoms with Gasteiger partial charge in [-0.05, 0) is 49.5 Å². The lowest BCUT2D eigenvalue weighted by atomic mass is 9.83. The highest BCUT2D eigenvalue weighted by molar-refractivity contribution is 6.74. The van der Waals surface area contributed by atoms with E-state index in [1.807, 2.05) is 38.1 Å². The second-order valence-corrected chi connectivity index (χ2v) is 18.8. The molecule has 0 radical (unpaired) electrons. The van der Waals surface area contributed by atoms with Crippen LogP contribution in [0.2, 0.25) is 18.1 Å². The van der Waals surface area contributed by atoms with Crippen LogP contribution in [0.5, 0.6) is 0 Å². The van der Waals surface area contributed by atoms with Gasteiger partial charge < -0.3 is 23.4 Å². The maximum absolute atomic E-state index is 6.72. The zero-order valence-corrected chi connectivity index (χ0v) is 27.5. The van der Waals surface area contributed by atoms with E-state index in [2.05, 4.69) is 84.1 Å². The summed E-state index contributed by atoms with van der Waals surface area (Å²) in [7, 11) is -1.90. The van der Waals surface area contributed by atoms with E-state index in [0.717, 1.165) is 19.3 Å². The number of rotatable bonds is 14. The van der Waals surface area contributed by atoms with E-state index in [-0.39, 0.29) is 28.8 Å². The van der Waals surface area contributed by atoms with Crippen LogP contribution in [0.4, 0.5) is 0 Å². The molecule has 0 unspecified atom stereocenters. The topological polar surface area (TPSA) is 46.2 Å². The molecule has 2 aromatic carbocycles. The second kappa shape index (κ2) is 14.1. The molecule has 0 amide bonds. The minimum atomic E-state index is -1.90. The van der Waals surface area contributed by atoms with Gasteiger partial charge in [0, 0.05) is 31.5 Å². The van der Waals surface area contributed by atoms with E-state index in [1.54, 1.807) is 0 Å². The highest BCUT2D eigenvalue weighted by Gasteiger charge is 2.43. The van der Waals surface area contributed by atoms with Crippen LogP contribution in [0, 0.1) is 5.41 Å². The zero-order valence-electron chi connectivity index (χ0n) is 26.5. The first kappa shape index (κ1) is 33.0. The SMILES string of the molecule is CC1(C)O[C@@H](C[C@H](OCc2ccccc2)C(C)(C)CO[Si](C)(C)C(C)(C)C)C[C@H](CCOCc2ccccc2)O1. The van der Waals surface area contributed by atoms with Gasteiger partial charge in [-0.25, -0.2) is 0 Å². The monoisotopic (exact) mass is 570 g/mol. The Bertz CT molecular complexity index is 1000. The zero-order chi connectivity index (χ0) is 29.4. The third kappa shape index (κ3) is 10.4. The summed E-state index contributed by atoms with van der Waals surface area (Å²) in [4.78, 5) is 0. The Hall–Kier alpha value is -1.54. The Balaban J connectivity index is 1.66. The summed E-state index contributed by atoms with van der Waals surface area (Å²) >= 11 is 0. The molecule has 40 heavy (non-hydrogen) atoms. The summed E-state index contributed by atoms with van der Waals surface area (Å²) in [6.45, 7) is 22.6. The van der Waals surface area contributed by atoms with Crippen molar-refractivity contribution < 1.29 is 23.4 Å². The van der Waals surface area contributed by atoms with Gasteiger partial charge in [-0.2, -0.15) is 0 Å². The van der Waals surface area contributed by atoms with E-state index < -0.39 is 14.1 Å². The van der Waals surface area contributed by atoms with Gasteiger partial charge in [-0.3, -0.25) is 0 Å². The Labute approximate surface area is 245 Å². The molecule has 0 saturated carbocycles. The molecule has 1 saturated heterocycles. The third-order valence-corrected chi connectivity index (χ3v) is 12.9. The molecule has 1 heterocycles. The summed E-state index contributed by atoms with van der Waals surface area (Å²) in [6, 6.07) is 20.7. The molecule has 1 aliphatic heterocycles. The molecular weight excluding hydrogens is 516 g/mol. The van der Waals surface area contributed by atoms with Crippen LogP contribution in [0.3, 0.4) is 0 Å². The van der Waals surface area contributed by atoms with Crippen molar-refractivity contribution in [3.8, 4) is 0 Å². The first-order valence-electron chi connectivity index (χ1n) is 14.9. The summed E-state index contributed by atoms with van der Waals surface area (Å²) in [6.07, 6.45) is 2.51. The van der Waals surface area contributed by atoms with Crippen LogP contribution >= 0.6 is 0 Å². The lowest BCUT2D eigenvalue weighted by Crippen LogP contribution is -2.49. The fourth-order valence-corrected chi connectivity index (χ4v) is 5.98. The predicted octanol–water partition coefficient (Wildman–Crippen LogP) is 8.53. The molecule has 0 bridgehead atoms. The summed E-state index contributed by atoms with van der Waals surface area (Å²) in [5.74, 6) is -0.654. The van der Waals surface area contributed by atoms with E-state index in [1.165, 1.54) is 11.1 Å². The molecule has 5 nitrogen and oxygen atoms in total. The number of hydrogen-bond donors (Lipinski definition) is 0. The fraction of sp³-hybridized carbons (Fsp3) is 0.647. The van der Waals surface area contributed by atoms with E-state index in [4.69, 9.17) is 23.4 Å². The molecule has 0 aromatic heterocycles. The summed E-state index contributed by atoms with van der Waals surface area (Å²) in [5, 5.41) is 0.160. The van der Waals surface area contributed by atoms with E-state index in [9.17, 15) is 0 Å². The van der Waals surface area contributed by atoms with Crippen molar-refractivity contribution in [2.24, 2.45) is 5.41 Å². The van der Waals surface area contributed by atoms with Crippen LogP contribution in [0.15, 0.2) is 60.7 Å². The van der Waals surface area contributed by atoms with E-state index >= 15 is 0 Å². The number of hydrogen-bond acceptors (Lipinski definition) is 5. The van der Waals surface area contributed by atoms with Gasteiger partial charge in [0.25, 0.3) is 0 Å². The van der Waals surface area contributed by atoms with E-state index in [0.29, 0.717) is 26.4 Å². The Kier molecular flexibility index (Phi) is 11.6. The molecule has 1 fully saturated rings. The molecule has 2 aromatic rings. The second-order valence-electron chi connectivity index (χ2n) is 14.0. The molecule has 1 aliphatic rings. The summed E-state index contributed by atoms with van der Waals surface area (Å²) in [5.41, 5.74) is 2.18. The van der Waals surface area contributed by atoms with Crippen molar-refractivity contribution in [1.29, 1.82) is 0 Å². The maximum atomic E-state index is 6.72. The van der Waals surface area contributed by atoms with Crippen LogP contribution < -0.4 is 0 Å². The highest BCUT2D eigenvalue weighted by Crippen LogP contribution is 2.40. The molecule has 224 valence electrons. The van der Waals surface area contributed by atoms with Gasteiger partial charge in [0.15, 0.2) is 14.1 Å². The third-order valence-electron chi connectivity index (χ3n) is 8.38. The number of ether oxygens (including phenoxy) is 4. The number of benzene rings is 2. The molecule has 6 heteroatoms. The molecule has 0 N–H and O–H groups in total. The lowest BCUT2D eigenvalue weighted by Gasteiger charge is -2.45. The first-order valence-corrected chi connectivity index (χ1v) is 17.8. The van der Waals surface area contributed by atoms with Crippen molar-refractivity contribution in [3.63, 3.8) is 0 Å². The minimum absolute atomic E-state index is 0.0239. The minimum Gasteiger partial charge on any atom is -0.416 e. The predicted molar refractivity (Wildman–Crippen MR) is 166 cm³/mol. The van der Waals surface area contributed by atoms with Gasteiger partial charge >= 0.3 is 0 Å². The maximum Gasteiger partial charge on any atom is 0.192 e.